The number of hydrogen-bond donors (Lipinski definition) is 1. The summed E-state index contributed by atoms with van der Waals surface area (Å²) in [5.41, 5.74) is 1.17. The molecule has 1 aromatic carbocycles. The first-order valence-corrected chi connectivity index (χ1v) is 7.00. The molecule has 1 unspecified atom stereocenters. The minimum Gasteiger partial charge on any atom is -0.396 e. The van der Waals surface area contributed by atoms with Crippen LogP contribution in [0.15, 0.2) is 30.3 Å². The largest absolute Gasteiger partial charge is 0.396 e. The van der Waals surface area contributed by atoms with E-state index in [1.165, 1.54) is 5.56 Å². The van der Waals surface area contributed by atoms with Gasteiger partial charge in [0.2, 0.25) is 0 Å². The van der Waals surface area contributed by atoms with Crippen molar-refractivity contribution in [3.8, 4) is 0 Å². The summed E-state index contributed by atoms with van der Waals surface area (Å²) >= 11 is 1.65. The summed E-state index contributed by atoms with van der Waals surface area (Å²) in [6.07, 6.45) is 0.548. The smallest absolute Gasteiger partial charge is 0.136 e. The molecule has 0 bridgehead atoms. The summed E-state index contributed by atoms with van der Waals surface area (Å²) in [4.78, 5) is 11.8. The molecule has 1 aromatic rings. The summed E-state index contributed by atoms with van der Waals surface area (Å²) in [6.45, 7) is 4.02. The lowest BCUT2D eigenvalue weighted by Crippen LogP contribution is -2.11. The molecule has 2 nitrogen and oxygen atoms in total. The number of Topliss-reactive ketones (excluding diaryl/α,β-unsaturated/α-hetero) is 1. The van der Waals surface area contributed by atoms with Crippen LogP contribution in [0.5, 0.6) is 0 Å². The van der Waals surface area contributed by atoms with E-state index >= 15 is 0 Å². The quantitative estimate of drug-likeness (QED) is 0.810. The maximum atomic E-state index is 11.8. The number of ketones is 1. The first kappa shape index (κ1) is 14.3. The van der Waals surface area contributed by atoms with Crippen molar-refractivity contribution in [2.24, 2.45) is 5.92 Å². The zero-order valence-corrected chi connectivity index (χ0v) is 11.2. The molecule has 0 aromatic heterocycles. The molecule has 0 amide bonds. The second kappa shape index (κ2) is 7.51. The molecular formula is C14H20O2S. The number of aliphatic hydroxyl groups is 1. The highest BCUT2D eigenvalue weighted by Gasteiger charge is 2.18. The number of carbonyl (C=O) groups is 1. The van der Waals surface area contributed by atoms with Crippen LogP contribution in [-0.2, 0) is 4.79 Å². The number of rotatable bonds is 7. The van der Waals surface area contributed by atoms with Gasteiger partial charge in [0.15, 0.2) is 0 Å². The second-order valence-electron chi connectivity index (χ2n) is 4.32. The summed E-state index contributed by atoms with van der Waals surface area (Å²) < 4.78 is 0. The average molecular weight is 252 g/mol. The molecule has 1 N–H and O–H groups in total. The molecule has 0 fully saturated rings. The van der Waals surface area contributed by atoms with Crippen LogP contribution >= 0.6 is 11.8 Å². The van der Waals surface area contributed by atoms with Gasteiger partial charge in [-0.3, -0.25) is 4.79 Å². The van der Waals surface area contributed by atoms with Crippen molar-refractivity contribution in [1.29, 1.82) is 0 Å². The number of benzene rings is 1. The van der Waals surface area contributed by atoms with Gasteiger partial charge < -0.3 is 5.11 Å². The Kier molecular flexibility index (Phi) is 6.30. The van der Waals surface area contributed by atoms with Crippen molar-refractivity contribution in [2.45, 2.75) is 25.5 Å². The van der Waals surface area contributed by atoms with E-state index < -0.39 is 0 Å². The van der Waals surface area contributed by atoms with E-state index in [0.717, 1.165) is 0 Å². The van der Waals surface area contributed by atoms with E-state index in [4.69, 9.17) is 5.11 Å². The molecule has 17 heavy (non-hydrogen) atoms. The number of thioether (sulfide) groups is 1. The SMILES string of the molecule is CC(C)C(=O)CC(SCCO)c1ccccc1. The van der Waals surface area contributed by atoms with Gasteiger partial charge in [0, 0.05) is 23.3 Å². The van der Waals surface area contributed by atoms with Gasteiger partial charge in [0.25, 0.3) is 0 Å². The van der Waals surface area contributed by atoms with Crippen LogP contribution in [0.4, 0.5) is 0 Å². The number of aliphatic hydroxyl groups excluding tert-OH is 1. The minimum absolute atomic E-state index is 0.0796. The fourth-order valence-corrected chi connectivity index (χ4v) is 2.58. The first-order valence-electron chi connectivity index (χ1n) is 5.95. The van der Waals surface area contributed by atoms with Crippen molar-refractivity contribution in [3.05, 3.63) is 35.9 Å². The number of carbonyl (C=O) groups excluding carboxylic acids is 1. The molecule has 0 spiro atoms. The maximum Gasteiger partial charge on any atom is 0.136 e. The van der Waals surface area contributed by atoms with E-state index in [2.05, 4.69) is 0 Å². The Balaban J connectivity index is 2.70. The lowest BCUT2D eigenvalue weighted by molar-refractivity contribution is -0.121. The Hall–Kier alpha value is -0.800. The highest BCUT2D eigenvalue weighted by molar-refractivity contribution is 7.99. The Morgan fingerprint density at radius 1 is 1.29 bits per heavy atom. The molecule has 0 heterocycles. The normalized spacial score (nSPS) is 12.7. The van der Waals surface area contributed by atoms with E-state index in [1.54, 1.807) is 11.8 Å². The Morgan fingerprint density at radius 3 is 2.47 bits per heavy atom. The Labute approximate surface area is 107 Å². The third-order valence-corrected chi connectivity index (χ3v) is 3.87. The highest BCUT2D eigenvalue weighted by atomic mass is 32.2. The Morgan fingerprint density at radius 2 is 1.94 bits per heavy atom. The van der Waals surface area contributed by atoms with Crippen LogP contribution in [0.2, 0.25) is 0 Å². The van der Waals surface area contributed by atoms with Crippen LogP contribution in [0.3, 0.4) is 0 Å². The van der Waals surface area contributed by atoms with E-state index in [9.17, 15) is 4.79 Å². The molecule has 0 aliphatic rings. The molecule has 0 saturated carbocycles. The zero-order chi connectivity index (χ0) is 12.7. The van der Waals surface area contributed by atoms with E-state index in [-0.39, 0.29) is 23.6 Å². The van der Waals surface area contributed by atoms with Gasteiger partial charge in [-0.2, -0.15) is 11.8 Å². The van der Waals surface area contributed by atoms with Crippen molar-refractivity contribution in [1.82, 2.24) is 0 Å². The van der Waals surface area contributed by atoms with Crippen molar-refractivity contribution < 1.29 is 9.90 Å². The molecular weight excluding hydrogens is 232 g/mol. The van der Waals surface area contributed by atoms with Crippen LogP contribution in [0.1, 0.15) is 31.1 Å². The number of hydrogen-bond acceptors (Lipinski definition) is 3. The van der Waals surface area contributed by atoms with Crippen molar-refractivity contribution in [3.63, 3.8) is 0 Å². The monoisotopic (exact) mass is 252 g/mol. The molecule has 1 atom stereocenters. The van der Waals surface area contributed by atoms with Gasteiger partial charge in [0.05, 0.1) is 6.61 Å². The molecule has 94 valence electrons. The van der Waals surface area contributed by atoms with E-state index in [0.29, 0.717) is 12.2 Å². The van der Waals surface area contributed by atoms with Crippen LogP contribution in [-0.4, -0.2) is 23.2 Å². The fourth-order valence-electron chi connectivity index (χ4n) is 1.55. The van der Waals surface area contributed by atoms with Crippen LogP contribution in [0, 0.1) is 5.92 Å². The Bertz CT molecular complexity index is 335. The molecule has 0 aliphatic carbocycles. The van der Waals surface area contributed by atoms with Gasteiger partial charge in [-0.1, -0.05) is 44.2 Å². The summed E-state index contributed by atoms with van der Waals surface area (Å²) in [6, 6.07) is 10.0. The molecule has 0 radical (unpaired) electrons. The molecule has 0 saturated heterocycles. The topological polar surface area (TPSA) is 37.3 Å². The minimum atomic E-state index is 0.0796. The zero-order valence-electron chi connectivity index (χ0n) is 10.4. The first-order chi connectivity index (χ1) is 8.15. The highest BCUT2D eigenvalue weighted by Crippen LogP contribution is 2.32. The van der Waals surface area contributed by atoms with Crippen LogP contribution in [0.25, 0.3) is 0 Å². The van der Waals surface area contributed by atoms with Gasteiger partial charge in [-0.25, -0.2) is 0 Å². The van der Waals surface area contributed by atoms with Gasteiger partial charge in [-0.15, -0.1) is 0 Å². The molecule has 0 aliphatic heterocycles. The van der Waals surface area contributed by atoms with Crippen molar-refractivity contribution in [2.75, 3.05) is 12.4 Å². The van der Waals surface area contributed by atoms with Crippen LogP contribution < -0.4 is 0 Å². The van der Waals surface area contributed by atoms with Gasteiger partial charge in [0.1, 0.15) is 5.78 Å². The third-order valence-electron chi connectivity index (χ3n) is 2.61. The summed E-state index contributed by atoms with van der Waals surface area (Å²) in [5, 5.41) is 9.06. The third kappa shape index (κ3) is 4.92. The van der Waals surface area contributed by atoms with Crippen molar-refractivity contribution >= 4 is 17.5 Å². The molecule has 1 rings (SSSR count). The molecule has 3 heteroatoms. The summed E-state index contributed by atoms with van der Waals surface area (Å²) in [5.74, 6) is 1.03. The predicted octanol–water partition coefficient (Wildman–Crippen LogP) is 3.07. The fraction of sp³-hybridized carbons (Fsp3) is 0.500. The second-order valence-corrected chi connectivity index (χ2v) is 5.63. The standard InChI is InChI=1S/C14H20O2S/c1-11(2)13(16)10-14(17-9-8-15)12-6-4-3-5-7-12/h3-7,11,14-15H,8-10H2,1-2H3. The lowest BCUT2D eigenvalue weighted by atomic mass is 10.0. The van der Waals surface area contributed by atoms with Gasteiger partial charge in [-0.05, 0) is 5.56 Å². The summed E-state index contributed by atoms with van der Waals surface area (Å²) in [7, 11) is 0. The maximum absolute atomic E-state index is 11.8. The predicted molar refractivity (Wildman–Crippen MR) is 73.2 cm³/mol. The van der Waals surface area contributed by atoms with Gasteiger partial charge >= 0.3 is 0 Å². The average Bonchev–Trinajstić information content (AvgIpc) is 2.35. The van der Waals surface area contributed by atoms with E-state index in [1.807, 2.05) is 44.2 Å². The lowest BCUT2D eigenvalue weighted by Gasteiger charge is -2.17.